The predicted octanol–water partition coefficient (Wildman–Crippen LogP) is 3.77. The van der Waals surface area contributed by atoms with E-state index in [1.54, 1.807) is 0 Å². The van der Waals surface area contributed by atoms with Gasteiger partial charge in [-0.25, -0.2) is 0 Å². The monoisotopic (exact) mass is 287 g/mol. The van der Waals surface area contributed by atoms with Crippen molar-refractivity contribution in [2.24, 2.45) is 0 Å². The van der Waals surface area contributed by atoms with Crippen LogP contribution in [0.15, 0.2) is 35.9 Å². The molecule has 21 heavy (non-hydrogen) atoms. The molecule has 0 fully saturated rings. The van der Waals surface area contributed by atoms with Gasteiger partial charge in [-0.3, -0.25) is 4.79 Å². The lowest BCUT2D eigenvalue weighted by Gasteiger charge is -2.19. The van der Waals surface area contributed by atoms with Gasteiger partial charge in [-0.05, 0) is 56.7 Å². The van der Waals surface area contributed by atoms with Crippen LogP contribution in [-0.2, 0) is 4.79 Å². The van der Waals surface area contributed by atoms with E-state index >= 15 is 0 Å². The van der Waals surface area contributed by atoms with Crippen LogP contribution < -0.4 is 10.1 Å². The maximum Gasteiger partial charge on any atom is 0.261 e. The van der Waals surface area contributed by atoms with Gasteiger partial charge in [0, 0.05) is 6.54 Å². The van der Waals surface area contributed by atoms with Crippen LogP contribution in [0.2, 0.25) is 0 Å². The minimum atomic E-state index is -0.420. The van der Waals surface area contributed by atoms with Crippen LogP contribution in [0.25, 0.3) is 0 Å². The van der Waals surface area contributed by atoms with E-state index in [1.807, 2.05) is 38.1 Å². The highest BCUT2D eigenvalue weighted by Gasteiger charge is 2.18. The van der Waals surface area contributed by atoms with E-state index < -0.39 is 6.10 Å². The van der Waals surface area contributed by atoms with Crippen molar-refractivity contribution in [3.05, 3.63) is 41.5 Å². The number of ether oxygens (including phenoxy) is 1. The second kappa shape index (κ2) is 7.87. The summed E-state index contributed by atoms with van der Waals surface area (Å²) in [4.78, 5) is 12.2. The SMILES string of the molecule is CC[C@H](Oc1cccc(C)c1)C(=O)NCC1=CCCCC1. The number of rotatable bonds is 6. The number of hydrogen-bond donors (Lipinski definition) is 1. The van der Waals surface area contributed by atoms with Crippen LogP contribution in [0, 0.1) is 6.92 Å². The molecule has 1 aromatic carbocycles. The van der Waals surface area contributed by atoms with Crippen LogP contribution in [0.4, 0.5) is 0 Å². The van der Waals surface area contributed by atoms with Gasteiger partial charge in [0.1, 0.15) is 5.75 Å². The lowest BCUT2D eigenvalue weighted by atomic mass is 9.99. The number of carbonyl (C=O) groups is 1. The maximum atomic E-state index is 12.2. The van der Waals surface area contributed by atoms with Crippen LogP contribution in [0.3, 0.4) is 0 Å². The van der Waals surface area contributed by atoms with Gasteiger partial charge < -0.3 is 10.1 Å². The summed E-state index contributed by atoms with van der Waals surface area (Å²) in [7, 11) is 0. The molecule has 0 spiro atoms. The number of allylic oxidation sites excluding steroid dienone is 1. The van der Waals surface area contributed by atoms with Gasteiger partial charge in [0.2, 0.25) is 0 Å². The number of nitrogens with one attached hydrogen (secondary N) is 1. The molecule has 0 aromatic heterocycles. The Kier molecular flexibility index (Phi) is 5.85. The zero-order valence-electron chi connectivity index (χ0n) is 13.0. The van der Waals surface area contributed by atoms with Crippen molar-refractivity contribution in [1.29, 1.82) is 0 Å². The van der Waals surface area contributed by atoms with Crippen molar-refractivity contribution in [3.8, 4) is 5.75 Å². The van der Waals surface area contributed by atoms with Crippen molar-refractivity contribution in [1.82, 2.24) is 5.32 Å². The molecule has 0 aliphatic heterocycles. The van der Waals surface area contributed by atoms with Crippen molar-refractivity contribution in [3.63, 3.8) is 0 Å². The number of carbonyl (C=O) groups excluding carboxylic acids is 1. The largest absolute Gasteiger partial charge is 0.481 e. The molecule has 0 saturated carbocycles. The molecule has 2 rings (SSSR count). The Morgan fingerprint density at radius 2 is 2.24 bits per heavy atom. The first-order valence-corrected chi connectivity index (χ1v) is 7.88. The molecule has 1 atom stereocenters. The van der Waals surface area contributed by atoms with Crippen molar-refractivity contribution in [2.75, 3.05) is 6.54 Å². The average Bonchev–Trinajstić information content (AvgIpc) is 2.51. The highest BCUT2D eigenvalue weighted by atomic mass is 16.5. The van der Waals surface area contributed by atoms with E-state index in [-0.39, 0.29) is 5.91 Å². The Bertz CT molecular complexity index is 508. The summed E-state index contributed by atoms with van der Waals surface area (Å²) in [5, 5.41) is 3.01. The predicted molar refractivity (Wildman–Crippen MR) is 85.4 cm³/mol. The zero-order chi connectivity index (χ0) is 15.1. The molecule has 0 saturated heterocycles. The van der Waals surface area contributed by atoms with E-state index in [0.29, 0.717) is 13.0 Å². The fourth-order valence-electron chi connectivity index (χ4n) is 2.55. The minimum absolute atomic E-state index is 0.0227. The van der Waals surface area contributed by atoms with Crippen molar-refractivity contribution in [2.45, 2.75) is 52.1 Å². The topological polar surface area (TPSA) is 38.3 Å². The summed E-state index contributed by atoms with van der Waals surface area (Å²) in [6, 6.07) is 7.82. The van der Waals surface area contributed by atoms with E-state index in [1.165, 1.54) is 18.4 Å². The molecule has 1 N–H and O–H groups in total. The standard InChI is InChI=1S/C18H25NO2/c1-3-17(21-16-11-7-8-14(2)12-16)18(20)19-13-15-9-5-4-6-10-15/h7-9,11-12,17H,3-6,10,13H2,1-2H3,(H,19,20)/t17-/m0/s1. The molecule has 0 bridgehead atoms. The van der Waals surface area contributed by atoms with E-state index in [4.69, 9.17) is 4.74 Å². The summed E-state index contributed by atoms with van der Waals surface area (Å²) in [6.07, 6.45) is 7.25. The molecule has 0 heterocycles. The molecule has 114 valence electrons. The zero-order valence-corrected chi connectivity index (χ0v) is 13.0. The third kappa shape index (κ3) is 4.92. The summed E-state index contributed by atoms with van der Waals surface area (Å²) < 4.78 is 5.81. The normalized spacial score (nSPS) is 16.0. The van der Waals surface area contributed by atoms with Gasteiger partial charge in [-0.15, -0.1) is 0 Å². The molecule has 3 heteroatoms. The van der Waals surface area contributed by atoms with E-state index in [2.05, 4.69) is 11.4 Å². The van der Waals surface area contributed by atoms with Gasteiger partial charge in [0.15, 0.2) is 6.10 Å². The summed E-state index contributed by atoms with van der Waals surface area (Å²) in [6.45, 7) is 4.65. The Balaban J connectivity index is 1.87. The lowest BCUT2D eigenvalue weighted by Crippen LogP contribution is -2.39. The first-order valence-electron chi connectivity index (χ1n) is 7.88. The minimum Gasteiger partial charge on any atom is -0.481 e. The van der Waals surface area contributed by atoms with Crippen LogP contribution in [0.1, 0.15) is 44.6 Å². The second-order valence-electron chi connectivity index (χ2n) is 5.66. The smallest absolute Gasteiger partial charge is 0.261 e. The van der Waals surface area contributed by atoms with Gasteiger partial charge in [-0.2, -0.15) is 0 Å². The molecule has 0 radical (unpaired) electrons. The highest BCUT2D eigenvalue weighted by Crippen LogP contribution is 2.17. The fraction of sp³-hybridized carbons (Fsp3) is 0.500. The van der Waals surface area contributed by atoms with E-state index in [0.717, 1.165) is 24.2 Å². The van der Waals surface area contributed by atoms with Gasteiger partial charge >= 0.3 is 0 Å². The molecule has 1 aromatic rings. The first kappa shape index (κ1) is 15.6. The number of aryl methyl sites for hydroxylation is 1. The van der Waals surface area contributed by atoms with Crippen LogP contribution in [-0.4, -0.2) is 18.6 Å². The third-order valence-corrected chi connectivity index (χ3v) is 3.81. The molecular formula is C18H25NO2. The number of amides is 1. The van der Waals surface area contributed by atoms with Gasteiger partial charge in [-0.1, -0.05) is 30.7 Å². The second-order valence-corrected chi connectivity index (χ2v) is 5.66. The summed E-state index contributed by atoms with van der Waals surface area (Å²) in [5.74, 6) is 0.736. The van der Waals surface area contributed by atoms with Crippen LogP contribution in [0.5, 0.6) is 5.75 Å². The van der Waals surface area contributed by atoms with E-state index in [9.17, 15) is 4.79 Å². The molecule has 1 amide bonds. The quantitative estimate of drug-likeness (QED) is 0.809. The summed E-state index contributed by atoms with van der Waals surface area (Å²) in [5.41, 5.74) is 2.48. The molecule has 0 unspecified atom stereocenters. The Morgan fingerprint density at radius 1 is 1.38 bits per heavy atom. The molecule has 1 aliphatic carbocycles. The Hall–Kier alpha value is -1.77. The third-order valence-electron chi connectivity index (χ3n) is 3.81. The molecule has 1 aliphatic rings. The van der Waals surface area contributed by atoms with Gasteiger partial charge in [0.05, 0.1) is 0 Å². The highest BCUT2D eigenvalue weighted by molar-refractivity contribution is 5.81. The Labute approximate surface area is 127 Å². The number of benzene rings is 1. The first-order chi connectivity index (χ1) is 10.2. The maximum absolute atomic E-state index is 12.2. The number of hydrogen-bond acceptors (Lipinski definition) is 2. The summed E-state index contributed by atoms with van der Waals surface area (Å²) >= 11 is 0. The fourth-order valence-corrected chi connectivity index (χ4v) is 2.55. The van der Waals surface area contributed by atoms with Gasteiger partial charge in [0.25, 0.3) is 5.91 Å². The van der Waals surface area contributed by atoms with Crippen LogP contribution >= 0.6 is 0 Å². The average molecular weight is 287 g/mol. The lowest BCUT2D eigenvalue weighted by molar-refractivity contribution is -0.127. The molecular weight excluding hydrogens is 262 g/mol. The van der Waals surface area contributed by atoms with Crippen molar-refractivity contribution < 1.29 is 9.53 Å². The van der Waals surface area contributed by atoms with Crippen molar-refractivity contribution >= 4 is 5.91 Å². The Morgan fingerprint density at radius 3 is 2.90 bits per heavy atom. The molecule has 3 nitrogen and oxygen atoms in total.